The van der Waals surface area contributed by atoms with Crippen LogP contribution >= 0.6 is 0 Å². The van der Waals surface area contributed by atoms with Gasteiger partial charge >= 0.3 is 0 Å². The number of non-ortho nitro benzene ring substituents is 1. The lowest BCUT2D eigenvalue weighted by Crippen LogP contribution is -1.92. The maximum atomic E-state index is 10.2. The minimum Gasteiger partial charge on any atom is -0.504 e. The van der Waals surface area contributed by atoms with Crippen LogP contribution in [0.25, 0.3) is 0 Å². The monoisotopic (exact) mass is 183 g/mol. The van der Waals surface area contributed by atoms with Crippen LogP contribution in [0.1, 0.15) is 0 Å². The minimum atomic E-state index is -0.656. The van der Waals surface area contributed by atoms with E-state index in [0.717, 1.165) is 18.2 Å². The Kier molecular flexibility index (Phi) is 2.44. The van der Waals surface area contributed by atoms with E-state index in [4.69, 9.17) is 5.11 Å². The number of nitrogens with zero attached hydrogens (tertiary/aromatic N) is 1. The fraction of sp³-hybridized carbons (Fsp3) is 0. The fourth-order valence-corrected chi connectivity index (χ4v) is 0.763. The van der Waals surface area contributed by atoms with Crippen molar-refractivity contribution in [1.82, 2.24) is 0 Å². The second-order valence-electron chi connectivity index (χ2n) is 2.12. The number of nitro benzene ring substituents is 1. The highest BCUT2D eigenvalue weighted by atomic mass is 16.6. The number of hydrogen-bond donors (Lipinski definition) is 1. The summed E-state index contributed by atoms with van der Waals surface area (Å²) < 4.78 is 4.29. The second-order valence-corrected chi connectivity index (χ2v) is 2.12. The topological polar surface area (TPSA) is 89.7 Å². The molecule has 0 aliphatic carbocycles. The molecule has 1 rings (SSSR count). The van der Waals surface area contributed by atoms with Gasteiger partial charge < -0.3 is 9.84 Å². The third-order valence-electron chi connectivity index (χ3n) is 1.33. The van der Waals surface area contributed by atoms with Crippen LogP contribution in [0.15, 0.2) is 18.2 Å². The lowest BCUT2D eigenvalue weighted by atomic mass is 10.3. The molecule has 6 heteroatoms. The Morgan fingerprint density at radius 1 is 1.54 bits per heavy atom. The van der Waals surface area contributed by atoms with Crippen molar-refractivity contribution in [3.05, 3.63) is 28.3 Å². The van der Waals surface area contributed by atoms with Crippen LogP contribution in [0.4, 0.5) is 5.69 Å². The molecule has 13 heavy (non-hydrogen) atoms. The zero-order chi connectivity index (χ0) is 9.84. The van der Waals surface area contributed by atoms with E-state index in [0.29, 0.717) is 0 Å². The SMILES string of the molecule is O=COc1cc([N+](=O)[O-])ccc1O. The van der Waals surface area contributed by atoms with E-state index in [9.17, 15) is 14.9 Å². The van der Waals surface area contributed by atoms with Gasteiger partial charge in [0.15, 0.2) is 11.5 Å². The second kappa shape index (κ2) is 3.53. The molecule has 0 spiro atoms. The number of phenolic OH excluding ortho intramolecular Hbond substituents is 1. The number of ether oxygens (including phenoxy) is 1. The first-order chi connectivity index (χ1) is 6.15. The molecule has 6 nitrogen and oxygen atoms in total. The van der Waals surface area contributed by atoms with Crippen LogP contribution in [0, 0.1) is 10.1 Å². The van der Waals surface area contributed by atoms with Crippen LogP contribution in [0.3, 0.4) is 0 Å². The number of aromatic hydroxyl groups is 1. The lowest BCUT2D eigenvalue weighted by Gasteiger charge is -1.99. The highest BCUT2D eigenvalue weighted by Gasteiger charge is 2.10. The molecule has 0 saturated heterocycles. The molecule has 0 bridgehead atoms. The van der Waals surface area contributed by atoms with Gasteiger partial charge in [-0.2, -0.15) is 0 Å². The molecule has 0 atom stereocenters. The zero-order valence-corrected chi connectivity index (χ0v) is 6.34. The predicted molar refractivity (Wildman–Crippen MR) is 41.5 cm³/mol. The molecular weight excluding hydrogens is 178 g/mol. The van der Waals surface area contributed by atoms with Crippen LogP contribution in [0.5, 0.6) is 11.5 Å². The van der Waals surface area contributed by atoms with Crippen molar-refractivity contribution >= 4 is 12.2 Å². The molecule has 0 saturated carbocycles. The van der Waals surface area contributed by atoms with E-state index >= 15 is 0 Å². The first-order valence-corrected chi connectivity index (χ1v) is 3.23. The van der Waals surface area contributed by atoms with Gasteiger partial charge in [-0.25, -0.2) is 0 Å². The summed E-state index contributed by atoms with van der Waals surface area (Å²) in [6.07, 6.45) is 0. The Bertz CT molecular complexity index is 349. The summed E-state index contributed by atoms with van der Waals surface area (Å²) in [4.78, 5) is 19.5. The molecule has 0 unspecified atom stereocenters. The molecule has 0 aliphatic rings. The molecule has 0 aliphatic heterocycles. The van der Waals surface area contributed by atoms with E-state index in [1.807, 2.05) is 0 Å². The van der Waals surface area contributed by atoms with Crippen molar-refractivity contribution < 1.29 is 19.6 Å². The van der Waals surface area contributed by atoms with E-state index in [-0.39, 0.29) is 23.7 Å². The Morgan fingerprint density at radius 3 is 2.77 bits per heavy atom. The first kappa shape index (κ1) is 8.98. The van der Waals surface area contributed by atoms with Crippen molar-refractivity contribution in [2.24, 2.45) is 0 Å². The molecule has 0 radical (unpaired) electrons. The van der Waals surface area contributed by atoms with Gasteiger partial charge in [0.05, 0.1) is 11.0 Å². The summed E-state index contributed by atoms with van der Waals surface area (Å²) >= 11 is 0. The smallest absolute Gasteiger partial charge is 0.298 e. The zero-order valence-electron chi connectivity index (χ0n) is 6.34. The molecule has 0 fully saturated rings. The van der Waals surface area contributed by atoms with E-state index in [1.165, 1.54) is 0 Å². The van der Waals surface area contributed by atoms with Crippen molar-refractivity contribution in [3.63, 3.8) is 0 Å². The Balaban J connectivity index is 3.10. The number of carbonyl (C=O) groups is 1. The summed E-state index contributed by atoms with van der Waals surface area (Å²) in [5, 5.41) is 19.3. The average Bonchev–Trinajstić information content (AvgIpc) is 2.08. The summed E-state index contributed by atoms with van der Waals surface area (Å²) in [7, 11) is 0. The predicted octanol–water partition coefficient (Wildman–Crippen LogP) is 0.836. The van der Waals surface area contributed by atoms with Crippen molar-refractivity contribution in [2.45, 2.75) is 0 Å². The van der Waals surface area contributed by atoms with Crippen LogP contribution in [-0.4, -0.2) is 16.5 Å². The largest absolute Gasteiger partial charge is 0.504 e. The molecule has 0 heterocycles. The molecule has 0 amide bonds. The molecule has 1 aromatic rings. The molecule has 1 aromatic carbocycles. The van der Waals surface area contributed by atoms with Crippen molar-refractivity contribution in [1.29, 1.82) is 0 Å². The summed E-state index contributed by atoms with van der Waals surface area (Å²) in [6, 6.07) is 3.15. The summed E-state index contributed by atoms with van der Waals surface area (Å²) in [5.74, 6) is -0.554. The minimum absolute atomic E-state index is 0.0821. The Morgan fingerprint density at radius 2 is 2.23 bits per heavy atom. The highest BCUT2D eigenvalue weighted by molar-refractivity contribution is 5.54. The van der Waals surface area contributed by atoms with Crippen molar-refractivity contribution in [3.8, 4) is 11.5 Å². The third-order valence-corrected chi connectivity index (χ3v) is 1.33. The van der Waals surface area contributed by atoms with Gasteiger partial charge in [-0.05, 0) is 6.07 Å². The maximum absolute atomic E-state index is 10.2. The summed E-state index contributed by atoms with van der Waals surface area (Å²) in [6.45, 7) is 0.0821. The number of nitro groups is 1. The van der Waals surface area contributed by atoms with Gasteiger partial charge in [0.2, 0.25) is 0 Å². The number of phenols is 1. The highest BCUT2D eigenvalue weighted by Crippen LogP contribution is 2.29. The first-order valence-electron chi connectivity index (χ1n) is 3.23. The van der Waals surface area contributed by atoms with E-state index in [1.54, 1.807) is 0 Å². The van der Waals surface area contributed by atoms with Gasteiger partial charge in [-0.3, -0.25) is 14.9 Å². The number of carbonyl (C=O) groups excluding carboxylic acids is 1. The molecular formula is C7H5NO5. The van der Waals surface area contributed by atoms with Gasteiger partial charge in [0.25, 0.3) is 12.2 Å². The standard InChI is InChI=1S/C7H5NO5/c9-4-13-7-3-5(8(11)12)1-2-6(7)10/h1-4,10H. The molecule has 0 aromatic heterocycles. The van der Waals surface area contributed by atoms with Crippen molar-refractivity contribution in [2.75, 3.05) is 0 Å². The fourth-order valence-electron chi connectivity index (χ4n) is 0.763. The third kappa shape index (κ3) is 1.92. The van der Waals surface area contributed by atoms with E-state index in [2.05, 4.69) is 4.74 Å². The van der Waals surface area contributed by atoms with Gasteiger partial charge in [-0.15, -0.1) is 0 Å². The van der Waals surface area contributed by atoms with Gasteiger partial charge in [0, 0.05) is 6.07 Å². The molecule has 1 N–H and O–H groups in total. The summed E-state index contributed by atoms with van der Waals surface area (Å²) in [5.41, 5.74) is -0.255. The number of rotatable bonds is 3. The Labute approximate surface area is 72.5 Å². The van der Waals surface area contributed by atoms with Crippen LogP contribution in [-0.2, 0) is 4.79 Å². The maximum Gasteiger partial charge on any atom is 0.298 e. The lowest BCUT2D eigenvalue weighted by molar-refractivity contribution is -0.384. The number of hydrogen-bond acceptors (Lipinski definition) is 5. The Hall–Kier alpha value is -2.11. The van der Waals surface area contributed by atoms with Crippen LogP contribution < -0.4 is 4.74 Å². The van der Waals surface area contributed by atoms with Gasteiger partial charge in [-0.1, -0.05) is 0 Å². The average molecular weight is 183 g/mol. The number of benzene rings is 1. The quantitative estimate of drug-likeness (QED) is 0.426. The van der Waals surface area contributed by atoms with Gasteiger partial charge in [0.1, 0.15) is 0 Å². The van der Waals surface area contributed by atoms with Crippen LogP contribution in [0.2, 0.25) is 0 Å². The van der Waals surface area contributed by atoms with E-state index < -0.39 is 4.92 Å². The normalized spacial score (nSPS) is 9.23. The molecule has 68 valence electrons.